The number of carbonyl (C=O) groups excluding carboxylic acids is 2. The van der Waals surface area contributed by atoms with Crippen LogP contribution in [0, 0.1) is 0 Å². The summed E-state index contributed by atoms with van der Waals surface area (Å²) in [7, 11) is 0. The van der Waals surface area contributed by atoms with Crippen molar-refractivity contribution in [2.45, 2.75) is 32.0 Å². The highest BCUT2D eigenvalue weighted by molar-refractivity contribution is 5.96. The Hall–Kier alpha value is -2.63. The predicted octanol–water partition coefficient (Wildman–Crippen LogP) is 2.55. The summed E-state index contributed by atoms with van der Waals surface area (Å²) in [5, 5.41) is 0. The van der Waals surface area contributed by atoms with E-state index in [9.17, 15) is 14.0 Å². The maximum absolute atomic E-state index is 13.6. The number of primary amides is 1. The Balaban J connectivity index is 1.81. The van der Waals surface area contributed by atoms with E-state index in [4.69, 9.17) is 10.2 Å². The zero-order valence-electron chi connectivity index (χ0n) is 13.4. The van der Waals surface area contributed by atoms with Crippen molar-refractivity contribution in [3.63, 3.8) is 0 Å². The van der Waals surface area contributed by atoms with Crippen LogP contribution in [0.1, 0.15) is 29.5 Å². The van der Waals surface area contributed by atoms with Gasteiger partial charge in [0.15, 0.2) is 5.76 Å². The summed E-state index contributed by atoms with van der Waals surface area (Å²) in [5.74, 6) is -0.599. The van der Waals surface area contributed by atoms with Crippen molar-refractivity contribution in [2.75, 3.05) is 6.54 Å². The van der Waals surface area contributed by atoms with Crippen molar-refractivity contribution in [1.82, 2.24) is 4.90 Å². The molecule has 0 spiro atoms. The first-order valence-electron chi connectivity index (χ1n) is 7.93. The molecule has 2 heterocycles. The second kappa shape index (κ2) is 6.47. The van der Waals surface area contributed by atoms with Crippen molar-refractivity contribution in [1.29, 1.82) is 0 Å². The summed E-state index contributed by atoms with van der Waals surface area (Å²) >= 11 is 0. The Labute approximate surface area is 139 Å². The van der Waals surface area contributed by atoms with Crippen LogP contribution in [0.15, 0.2) is 40.8 Å². The highest BCUT2D eigenvalue weighted by Gasteiger charge is 2.40. The summed E-state index contributed by atoms with van der Waals surface area (Å²) in [6.45, 7) is 1.93. The van der Waals surface area contributed by atoms with Gasteiger partial charge in [0.05, 0.1) is 6.54 Å². The van der Waals surface area contributed by atoms with Crippen molar-refractivity contribution >= 4 is 11.8 Å². The third kappa shape index (κ3) is 3.04. The summed E-state index contributed by atoms with van der Waals surface area (Å²) in [4.78, 5) is 25.1. The molecule has 2 N–H and O–H groups in total. The Morgan fingerprint density at radius 1 is 1.25 bits per heavy atom. The van der Waals surface area contributed by atoms with Crippen LogP contribution >= 0.6 is 0 Å². The molecule has 1 saturated heterocycles. The summed E-state index contributed by atoms with van der Waals surface area (Å²) in [6.07, 6.45) is -0.370. The minimum absolute atomic E-state index is 0.0624. The van der Waals surface area contributed by atoms with Crippen LogP contribution < -0.4 is 5.73 Å². The van der Waals surface area contributed by atoms with Crippen LogP contribution in [0.25, 0.3) is 11.3 Å². The normalized spacial score (nSPS) is 20.3. The largest absolute Gasteiger partial charge is 0.451 e. The van der Waals surface area contributed by atoms with E-state index in [2.05, 4.69) is 6.92 Å². The number of carbonyl (C=O) groups is 2. The fraction of sp³-hybridized carbons (Fsp3) is 0.333. The van der Waals surface area contributed by atoms with Gasteiger partial charge in [-0.15, -0.1) is 0 Å². The molecule has 0 bridgehead atoms. The number of likely N-dealkylation sites (tertiary alicyclic amines) is 1. The molecule has 0 radical (unpaired) electrons. The van der Waals surface area contributed by atoms with Crippen LogP contribution in [0.3, 0.4) is 0 Å². The van der Waals surface area contributed by atoms with Crippen molar-refractivity contribution < 1.29 is 18.4 Å². The summed E-state index contributed by atoms with van der Waals surface area (Å²) < 4.78 is 19.2. The second-order valence-electron chi connectivity index (χ2n) is 5.92. The Bertz CT molecular complexity index is 754. The Morgan fingerprint density at radius 2 is 1.96 bits per heavy atom. The molecule has 1 aliphatic rings. The molecule has 1 fully saturated rings. The fourth-order valence-corrected chi connectivity index (χ4v) is 2.93. The van der Waals surface area contributed by atoms with Crippen LogP contribution in [0.5, 0.6) is 0 Å². The van der Waals surface area contributed by atoms with Crippen molar-refractivity contribution in [3.05, 3.63) is 47.7 Å². The molecule has 1 aromatic carbocycles. The average molecular weight is 330 g/mol. The van der Waals surface area contributed by atoms with Gasteiger partial charge in [-0.05, 0) is 24.1 Å². The molecule has 0 unspecified atom stereocenters. The molecule has 1 aromatic heterocycles. The number of nitrogens with zero attached hydrogens (tertiary/aromatic N) is 1. The second-order valence-corrected chi connectivity index (χ2v) is 5.92. The molecular formula is C18H19FN2O3. The van der Waals surface area contributed by atoms with Gasteiger partial charge in [-0.3, -0.25) is 9.59 Å². The monoisotopic (exact) mass is 330 g/mol. The van der Waals surface area contributed by atoms with Gasteiger partial charge in [-0.25, -0.2) is 4.39 Å². The van der Waals surface area contributed by atoms with Gasteiger partial charge in [-0.1, -0.05) is 31.2 Å². The van der Waals surface area contributed by atoms with Crippen LogP contribution in [0.2, 0.25) is 0 Å². The number of rotatable bonds is 4. The molecule has 0 aliphatic carbocycles. The van der Waals surface area contributed by atoms with Gasteiger partial charge in [0, 0.05) is 12.0 Å². The van der Waals surface area contributed by atoms with Gasteiger partial charge in [0.25, 0.3) is 5.91 Å². The number of hydrogen-bond donors (Lipinski definition) is 1. The topological polar surface area (TPSA) is 76.5 Å². The number of aryl methyl sites for hydroxylation is 1. The Morgan fingerprint density at radius 3 is 2.58 bits per heavy atom. The average Bonchev–Trinajstić information content (AvgIpc) is 3.21. The standard InChI is InChI=1S/C18H19FN2O3/c1-2-11-3-5-12(6-4-11)15-7-8-16(24-15)18(23)21-10-13(19)9-14(21)17(20)22/h3-8,13-14H,2,9-10H2,1H3,(H2,20,22)/t13-,14+/m1/s1. The quantitative estimate of drug-likeness (QED) is 0.936. The third-order valence-electron chi connectivity index (χ3n) is 4.30. The highest BCUT2D eigenvalue weighted by Crippen LogP contribution is 2.27. The minimum atomic E-state index is -1.25. The molecular weight excluding hydrogens is 311 g/mol. The van der Waals surface area contributed by atoms with Crippen molar-refractivity contribution in [3.8, 4) is 11.3 Å². The zero-order chi connectivity index (χ0) is 17.3. The summed E-state index contributed by atoms with van der Waals surface area (Å²) in [5.41, 5.74) is 7.31. The molecule has 24 heavy (non-hydrogen) atoms. The predicted molar refractivity (Wildman–Crippen MR) is 87.1 cm³/mol. The van der Waals surface area contributed by atoms with E-state index in [1.807, 2.05) is 24.3 Å². The zero-order valence-corrected chi connectivity index (χ0v) is 13.4. The number of nitrogens with two attached hydrogens (primary N) is 1. The maximum atomic E-state index is 13.6. The molecule has 2 aromatic rings. The summed E-state index contributed by atoms with van der Waals surface area (Å²) in [6, 6.07) is 10.1. The van der Waals surface area contributed by atoms with E-state index in [-0.39, 0.29) is 18.7 Å². The molecule has 3 rings (SSSR count). The highest BCUT2D eigenvalue weighted by atomic mass is 19.1. The Kier molecular flexibility index (Phi) is 4.38. The molecule has 0 saturated carbocycles. The van der Waals surface area contributed by atoms with Gasteiger partial charge in [0.2, 0.25) is 5.91 Å². The number of furan rings is 1. The first-order chi connectivity index (χ1) is 11.5. The molecule has 5 nitrogen and oxygen atoms in total. The lowest BCUT2D eigenvalue weighted by Crippen LogP contribution is -2.43. The lowest BCUT2D eigenvalue weighted by atomic mass is 10.1. The number of benzene rings is 1. The lowest BCUT2D eigenvalue weighted by molar-refractivity contribution is -0.121. The van der Waals surface area contributed by atoms with E-state index in [1.54, 1.807) is 6.07 Å². The van der Waals surface area contributed by atoms with Crippen LogP contribution in [-0.4, -0.2) is 35.5 Å². The third-order valence-corrected chi connectivity index (χ3v) is 4.30. The number of amides is 2. The van der Waals surface area contributed by atoms with Crippen molar-refractivity contribution in [2.24, 2.45) is 5.73 Å². The number of alkyl halides is 1. The lowest BCUT2D eigenvalue weighted by Gasteiger charge is -2.20. The van der Waals surface area contributed by atoms with Gasteiger partial charge in [-0.2, -0.15) is 0 Å². The first kappa shape index (κ1) is 16.2. The molecule has 1 aliphatic heterocycles. The smallest absolute Gasteiger partial charge is 0.290 e. The maximum Gasteiger partial charge on any atom is 0.290 e. The first-order valence-corrected chi connectivity index (χ1v) is 7.93. The molecule has 2 atom stereocenters. The number of hydrogen-bond acceptors (Lipinski definition) is 3. The van der Waals surface area contributed by atoms with Gasteiger partial charge >= 0.3 is 0 Å². The molecule has 6 heteroatoms. The minimum Gasteiger partial charge on any atom is -0.451 e. The van der Waals surface area contributed by atoms with Crippen LogP contribution in [-0.2, 0) is 11.2 Å². The van der Waals surface area contributed by atoms with E-state index in [0.29, 0.717) is 5.76 Å². The molecule has 126 valence electrons. The van der Waals surface area contributed by atoms with E-state index >= 15 is 0 Å². The van der Waals surface area contributed by atoms with Crippen LogP contribution in [0.4, 0.5) is 4.39 Å². The van der Waals surface area contributed by atoms with E-state index in [0.717, 1.165) is 16.9 Å². The van der Waals surface area contributed by atoms with Gasteiger partial charge in [0.1, 0.15) is 18.0 Å². The number of halogens is 1. The SMILES string of the molecule is CCc1ccc(-c2ccc(C(=O)N3C[C@H](F)C[C@H]3C(N)=O)o2)cc1. The molecule has 2 amide bonds. The van der Waals surface area contributed by atoms with E-state index < -0.39 is 24.0 Å². The van der Waals surface area contributed by atoms with E-state index in [1.165, 1.54) is 11.6 Å². The fourth-order valence-electron chi connectivity index (χ4n) is 2.93. The van der Waals surface area contributed by atoms with Gasteiger partial charge < -0.3 is 15.1 Å².